The number of aromatic nitrogens is 2. The largest absolute Gasteiger partial charge is 0.321 e. The van der Waals surface area contributed by atoms with Gasteiger partial charge in [-0.2, -0.15) is 0 Å². The molecule has 2 aromatic heterocycles. The van der Waals surface area contributed by atoms with Gasteiger partial charge in [-0.15, -0.1) is 22.7 Å². The van der Waals surface area contributed by atoms with Crippen LogP contribution >= 0.6 is 22.7 Å². The van der Waals surface area contributed by atoms with E-state index in [0.717, 1.165) is 47.1 Å². The summed E-state index contributed by atoms with van der Waals surface area (Å²) in [6.45, 7) is 7.93. The van der Waals surface area contributed by atoms with Gasteiger partial charge in [-0.05, 0) is 57.7 Å². The summed E-state index contributed by atoms with van der Waals surface area (Å²) >= 11 is 2.90. The van der Waals surface area contributed by atoms with Gasteiger partial charge in [0.05, 0.1) is 21.4 Å². The molecule has 3 aromatic rings. The molecule has 0 radical (unpaired) electrons. The minimum atomic E-state index is -0.175. The zero-order valence-electron chi connectivity index (χ0n) is 18.6. The van der Waals surface area contributed by atoms with Crippen molar-refractivity contribution in [2.75, 3.05) is 17.3 Å². The first-order valence-electron chi connectivity index (χ1n) is 10.5. The second kappa shape index (κ2) is 10.2. The number of rotatable bonds is 8. The van der Waals surface area contributed by atoms with Crippen molar-refractivity contribution in [2.24, 2.45) is 0 Å². The number of carbonyl (C=O) groups excluding carboxylic acids is 2. The molecule has 0 saturated carbocycles. The Bertz CT molecular complexity index is 1090. The maximum atomic E-state index is 13.0. The molecule has 8 heteroatoms. The quantitative estimate of drug-likeness (QED) is 0.475. The zero-order valence-corrected chi connectivity index (χ0v) is 20.2. The predicted molar refractivity (Wildman–Crippen MR) is 129 cm³/mol. The van der Waals surface area contributed by atoms with Gasteiger partial charge in [-0.1, -0.05) is 19.9 Å². The number of hydrogen-bond donors (Lipinski definition) is 1. The van der Waals surface area contributed by atoms with Crippen LogP contribution in [0.15, 0.2) is 24.3 Å². The molecule has 2 heterocycles. The standard InChI is InChI=1S/C23H28N4O2S2/c1-6-9-18-24-14(3)20(30-18)22(28)26-16-11-8-12-17(13-16)27(5)23(29)21-15(4)25-19(31-21)10-7-2/h8,11-13H,6-7,9-10H2,1-5H3,(H,26,28). The van der Waals surface area contributed by atoms with E-state index in [1.807, 2.05) is 38.1 Å². The second-order valence-electron chi connectivity index (χ2n) is 7.41. The van der Waals surface area contributed by atoms with Crippen LogP contribution in [0.3, 0.4) is 0 Å². The fraction of sp³-hybridized carbons (Fsp3) is 0.391. The molecular formula is C23H28N4O2S2. The van der Waals surface area contributed by atoms with Crippen molar-refractivity contribution in [3.8, 4) is 0 Å². The molecule has 1 N–H and O–H groups in total. The fourth-order valence-electron chi connectivity index (χ4n) is 3.21. The third-order valence-corrected chi connectivity index (χ3v) is 7.23. The van der Waals surface area contributed by atoms with Crippen LogP contribution < -0.4 is 10.2 Å². The van der Waals surface area contributed by atoms with E-state index in [1.165, 1.54) is 22.7 Å². The lowest BCUT2D eigenvalue weighted by molar-refractivity contribution is 0.0994. The van der Waals surface area contributed by atoms with Gasteiger partial charge in [0.15, 0.2) is 0 Å². The van der Waals surface area contributed by atoms with Crippen LogP contribution in [0, 0.1) is 13.8 Å². The second-order valence-corrected chi connectivity index (χ2v) is 9.58. The Morgan fingerprint density at radius 2 is 1.55 bits per heavy atom. The molecule has 0 aliphatic carbocycles. The number of carbonyl (C=O) groups is 2. The molecule has 0 aliphatic heterocycles. The van der Waals surface area contributed by atoms with Crippen molar-refractivity contribution in [3.63, 3.8) is 0 Å². The van der Waals surface area contributed by atoms with Gasteiger partial charge in [0.1, 0.15) is 9.75 Å². The van der Waals surface area contributed by atoms with Crippen LogP contribution in [0.25, 0.3) is 0 Å². The van der Waals surface area contributed by atoms with Gasteiger partial charge < -0.3 is 10.2 Å². The molecule has 0 unspecified atom stereocenters. The molecule has 1 aromatic carbocycles. The molecule has 2 amide bonds. The van der Waals surface area contributed by atoms with Crippen molar-refractivity contribution in [3.05, 3.63) is 55.4 Å². The third kappa shape index (κ3) is 5.37. The summed E-state index contributed by atoms with van der Waals surface area (Å²) in [4.78, 5) is 37.7. The minimum absolute atomic E-state index is 0.0941. The van der Waals surface area contributed by atoms with Crippen molar-refractivity contribution in [1.82, 2.24) is 9.97 Å². The molecule has 0 bridgehead atoms. The Morgan fingerprint density at radius 3 is 2.16 bits per heavy atom. The smallest absolute Gasteiger partial charge is 0.270 e. The van der Waals surface area contributed by atoms with Gasteiger partial charge in [-0.3, -0.25) is 9.59 Å². The average Bonchev–Trinajstić information content (AvgIpc) is 3.29. The third-order valence-electron chi connectivity index (χ3n) is 4.81. The van der Waals surface area contributed by atoms with Crippen LogP contribution in [0.4, 0.5) is 11.4 Å². The highest BCUT2D eigenvalue weighted by atomic mass is 32.1. The number of anilines is 2. The van der Waals surface area contributed by atoms with Crippen LogP contribution in [-0.2, 0) is 12.8 Å². The van der Waals surface area contributed by atoms with Crippen LogP contribution in [0.1, 0.15) is 67.4 Å². The van der Waals surface area contributed by atoms with Gasteiger partial charge in [0.2, 0.25) is 0 Å². The summed E-state index contributed by atoms with van der Waals surface area (Å²) in [5.74, 6) is -0.269. The summed E-state index contributed by atoms with van der Waals surface area (Å²) in [5, 5.41) is 4.91. The van der Waals surface area contributed by atoms with Crippen molar-refractivity contribution >= 4 is 45.9 Å². The first-order chi connectivity index (χ1) is 14.8. The number of thiazole rings is 2. The first kappa shape index (κ1) is 23.1. The highest BCUT2D eigenvalue weighted by Gasteiger charge is 2.21. The molecule has 0 spiro atoms. The number of benzene rings is 1. The lowest BCUT2D eigenvalue weighted by Crippen LogP contribution is -2.26. The first-order valence-corrected chi connectivity index (χ1v) is 12.1. The molecule has 0 fully saturated rings. The maximum absolute atomic E-state index is 13.0. The van der Waals surface area contributed by atoms with E-state index in [-0.39, 0.29) is 11.8 Å². The fourth-order valence-corrected chi connectivity index (χ4v) is 5.41. The van der Waals surface area contributed by atoms with E-state index in [0.29, 0.717) is 21.1 Å². The lowest BCUT2D eigenvalue weighted by Gasteiger charge is -2.18. The highest BCUT2D eigenvalue weighted by molar-refractivity contribution is 7.14. The molecule has 31 heavy (non-hydrogen) atoms. The Labute approximate surface area is 191 Å². The Kier molecular flexibility index (Phi) is 7.56. The summed E-state index contributed by atoms with van der Waals surface area (Å²) in [5.41, 5.74) is 2.86. The van der Waals surface area contributed by atoms with E-state index in [1.54, 1.807) is 11.9 Å². The molecule has 0 atom stereocenters. The molecule has 3 rings (SSSR count). The monoisotopic (exact) mass is 456 g/mol. The van der Waals surface area contributed by atoms with E-state index in [2.05, 4.69) is 29.1 Å². The van der Waals surface area contributed by atoms with Gasteiger partial charge >= 0.3 is 0 Å². The van der Waals surface area contributed by atoms with Gasteiger partial charge in [-0.25, -0.2) is 9.97 Å². The van der Waals surface area contributed by atoms with E-state index in [9.17, 15) is 9.59 Å². The maximum Gasteiger partial charge on any atom is 0.270 e. The lowest BCUT2D eigenvalue weighted by atomic mass is 10.2. The predicted octanol–water partition coefficient (Wildman–Crippen LogP) is 5.65. The average molecular weight is 457 g/mol. The molecule has 164 valence electrons. The molecule has 0 aliphatic rings. The molecule has 0 saturated heterocycles. The number of aryl methyl sites for hydroxylation is 4. The normalized spacial score (nSPS) is 10.9. The Balaban J connectivity index is 1.76. The summed E-state index contributed by atoms with van der Waals surface area (Å²) in [6, 6.07) is 7.32. The van der Waals surface area contributed by atoms with Crippen LogP contribution in [0.5, 0.6) is 0 Å². The zero-order chi connectivity index (χ0) is 22.5. The van der Waals surface area contributed by atoms with Crippen LogP contribution in [0.2, 0.25) is 0 Å². The van der Waals surface area contributed by atoms with E-state index >= 15 is 0 Å². The molecule has 6 nitrogen and oxygen atoms in total. The number of nitrogens with zero attached hydrogens (tertiary/aromatic N) is 3. The topological polar surface area (TPSA) is 75.2 Å². The Hall–Kier alpha value is -2.58. The van der Waals surface area contributed by atoms with Gasteiger partial charge in [0.25, 0.3) is 11.8 Å². The van der Waals surface area contributed by atoms with Crippen molar-refractivity contribution in [2.45, 2.75) is 53.4 Å². The Morgan fingerprint density at radius 1 is 0.968 bits per heavy atom. The SMILES string of the molecule is CCCc1nc(C)c(C(=O)Nc2cccc(N(C)C(=O)c3sc(CCC)nc3C)c2)s1. The number of nitrogens with one attached hydrogen (secondary N) is 1. The van der Waals surface area contributed by atoms with E-state index < -0.39 is 0 Å². The number of hydrogen-bond acceptors (Lipinski definition) is 6. The van der Waals surface area contributed by atoms with E-state index in [4.69, 9.17) is 0 Å². The highest BCUT2D eigenvalue weighted by Crippen LogP contribution is 2.26. The molecular weight excluding hydrogens is 428 g/mol. The van der Waals surface area contributed by atoms with Gasteiger partial charge in [0, 0.05) is 18.4 Å². The summed E-state index contributed by atoms with van der Waals surface area (Å²) in [7, 11) is 1.74. The van der Waals surface area contributed by atoms with Crippen molar-refractivity contribution < 1.29 is 9.59 Å². The van der Waals surface area contributed by atoms with Crippen molar-refractivity contribution in [1.29, 1.82) is 0 Å². The summed E-state index contributed by atoms with van der Waals surface area (Å²) < 4.78 is 0. The van der Waals surface area contributed by atoms with Crippen LogP contribution in [-0.4, -0.2) is 28.8 Å². The number of amides is 2. The summed E-state index contributed by atoms with van der Waals surface area (Å²) in [6.07, 6.45) is 3.74. The minimum Gasteiger partial charge on any atom is -0.321 e.